The molecule has 1 aromatic carbocycles. The first-order valence-corrected chi connectivity index (χ1v) is 6.90. The number of halogens is 1. The quantitative estimate of drug-likeness (QED) is 0.657. The van der Waals surface area contributed by atoms with Crippen molar-refractivity contribution in [3.63, 3.8) is 0 Å². The third kappa shape index (κ3) is 3.68. The van der Waals surface area contributed by atoms with E-state index >= 15 is 0 Å². The van der Waals surface area contributed by atoms with Gasteiger partial charge in [-0.15, -0.1) is 0 Å². The number of fused-ring (bicyclic) bond motifs is 1. The molecule has 0 bridgehead atoms. The van der Waals surface area contributed by atoms with E-state index in [4.69, 9.17) is 11.6 Å². The van der Waals surface area contributed by atoms with Crippen LogP contribution in [0.1, 0.15) is 18.4 Å². The third-order valence-electron chi connectivity index (χ3n) is 3.08. The average molecular weight is 293 g/mol. The smallest absolute Gasteiger partial charge is 0.305 e. The molecule has 4 nitrogen and oxygen atoms in total. The molecule has 2 aromatic rings. The van der Waals surface area contributed by atoms with Crippen LogP contribution in [-0.2, 0) is 16.1 Å². The zero-order valence-electron chi connectivity index (χ0n) is 11.4. The van der Waals surface area contributed by atoms with E-state index in [0.717, 1.165) is 29.4 Å². The number of benzene rings is 1. The number of nitrogens with zero attached hydrogens (tertiary/aromatic N) is 1. The van der Waals surface area contributed by atoms with Crippen LogP contribution in [0, 0.1) is 0 Å². The summed E-state index contributed by atoms with van der Waals surface area (Å²) < 4.78 is 4.59. The molecular formula is C15H17ClN2O2. The second-order valence-electron chi connectivity index (χ2n) is 4.46. The number of carbonyl (C=O) groups excluding carboxylic acids is 1. The monoisotopic (exact) mass is 292 g/mol. The van der Waals surface area contributed by atoms with Gasteiger partial charge in [-0.05, 0) is 36.7 Å². The van der Waals surface area contributed by atoms with Gasteiger partial charge in [0, 0.05) is 29.6 Å². The Morgan fingerprint density at radius 3 is 3.05 bits per heavy atom. The van der Waals surface area contributed by atoms with Crippen molar-refractivity contribution in [1.82, 2.24) is 10.3 Å². The molecule has 0 unspecified atom stereocenters. The highest BCUT2D eigenvalue weighted by Gasteiger charge is 2.05. The summed E-state index contributed by atoms with van der Waals surface area (Å²) in [6.07, 6.45) is 2.95. The first kappa shape index (κ1) is 14.8. The van der Waals surface area contributed by atoms with E-state index in [1.54, 1.807) is 6.20 Å². The standard InChI is InChI=1S/C15H17ClN2O2/c1-20-14(19)5-3-8-17-10-11-6-7-13(16)12-4-2-9-18-15(11)12/h2,4,6-7,9,17H,3,5,8,10H2,1H3. The van der Waals surface area contributed by atoms with Crippen molar-refractivity contribution in [2.45, 2.75) is 19.4 Å². The van der Waals surface area contributed by atoms with Gasteiger partial charge in [-0.3, -0.25) is 9.78 Å². The minimum absolute atomic E-state index is 0.176. The minimum Gasteiger partial charge on any atom is -0.469 e. The molecule has 0 fully saturated rings. The summed E-state index contributed by atoms with van der Waals surface area (Å²) in [7, 11) is 1.40. The first-order valence-electron chi connectivity index (χ1n) is 6.52. The molecule has 0 radical (unpaired) electrons. The Labute approximate surface area is 123 Å². The van der Waals surface area contributed by atoms with Crippen LogP contribution in [0.2, 0.25) is 5.02 Å². The largest absolute Gasteiger partial charge is 0.469 e. The summed E-state index contributed by atoms with van der Waals surface area (Å²) in [6, 6.07) is 7.70. The van der Waals surface area contributed by atoms with Crippen molar-refractivity contribution >= 4 is 28.5 Å². The molecule has 1 N–H and O–H groups in total. The van der Waals surface area contributed by atoms with Crippen LogP contribution in [0.5, 0.6) is 0 Å². The zero-order valence-corrected chi connectivity index (χ0v) is 12.1. The van der Waals surface area contributed by atoms with Crippen LogP contribution in [0.4, 0.5) is 0 Å². The highest BCUT2D eigenvalue weighted by Crippen LogP contribution is 2.24. The van der Waals surface area contributed by atoms with Crippen LogP contribution in [-0.4, -0.2) is 24.6 Å². The Bertz CT molecular complexity index is 601. The van der Waals surface area contributed by atoms with Gasteiger partial charge in [-0.2, -0.15) is 0 Å². The first-order chi connectivity index (χ1) is 9.72. The number of hydrogen-bond donors (Lipinski definition) is 1. The number of carbonyl (C=O) groups is 1. The van der Waals surface area contributed by atoms with Crippen LogP contribution >= 0.6 is 11.6 Å². The van der Waals surface area contributed by atoms with Gasteiger partial charge in [-0.25, -0.2) is 0 Å². The molecule has 0 amide bonds. The summed E-state index contributed by atoms with van der Waals surface area (Å²) in [6.45, 7) is 1.46. The van der Waals surface area contributed by atoms with Crippen molar-refractivity contribution in [1.29, 1.82) is 0 Å². The Morgan fingerprint density at radius 1 is 1.40 bits per heavy atom. The van der Waals surface area contributed by atoms with Gasteiger partial charge >= 0.3 is 5.97 Å². The normalized spacial score (nSPS) is 10.7. The van der Waals surface area contributed by atoms with E-state index in [2.05, 4.69) is 15.0 Å². The average Bonchev–Trinajstić information content (AvgIpc) is 2.49. The fourth-order valence-electron chi connectivity index (χ4n) is 2.02. The molecular weight excluding hydrogens is 276 g/mol. The van der Waals surface area contributed by atoms with Gasteiger partial charge in [0.15, 0.2) is 0 Å². The molecule has 0 aliphatic carbocycles. The number of aromatic nitrogens is 1. The molecule has 106 valence electrons. The summed E-state index contributed by atoms with van der Waals surface area (Å²) in [5, 5.41) is 4.97. The molecule has 0 aliphatic heterocycles. The molecule has 0 saturated carbocycles. The van der Waals surface area contributed by atoms with Crippen LogP contribution < -0.4 is 5.32 Å². The van der Waals surface area contributed by atoms with Gasteiger partial charge < -0.3 is 10.1 Å². The molecule has 0 saturated heterocycles. The molecule has 0 atom stereocenters. The number of hydrogen-bond acceptors (Lipinski definition) is 4. The van der Waals surface area contributed by atoms with Crippen molar-refractivity contribution in [3.05, 3.63) is 41.0 Å². The lowest BCUT2D eigenvalue weighted by molar-refractivity contribution is -0.140. The SMILES string of the molecule is COC(=O)CCCNCc1ccc(Cl)c2cccnc12. The van der Waals surface area contributed by atoms with E-state index in [-0.39, 0.29) is 5.97 Å². The minimum atomic E-state index is -0.176. The number of methoxy groups -OCH3 is 1. The topological polar surface area (TPSA) is 51.2 Å². The fraction of sp³-hybridized carbons (Fsp3) is 0.333. The van der Waals surface area contributed by atoms with Gasteiger partial charge in [0.1, 0.15) is 0 Å². The molecule has 2 rings (SSSR count). The van der Waals surface area contributed by atoms with Gasteiger partial charge in [0.2, 0.25) is 0 Å². The number of esters is 1. The lowest BCUT2D eigenvalue weighted by Crippen LogP contribution is -2.16. The number of ether oxygens (including phenoxy) is 1. The third-order valence-corrected chi connectivity index (χ3v) is 3.41. The van der Waals surface area contributed by atoms with Crippen LogP contribution in [0.25, 0.3) is 10.9 Å². The summed E-state index contributed by atoms with van der Waals surface area (Å²) >= 11 is 6.15. The Hall–Kier alpha value is -1.65. The highest BCUT2D eigenvalue weighted by atomic mass is 35.5. The Kier molecular flexibility index (Phi) is 5.32. The van der Waals surface area contributed by atoms with Gasteiger partial charge in [-0.1, -0.05) is 17.7 Å². The van der Waals surface area contributed by atoms with Crippen molar-refractivity contribution in [3.8, 4) is 0 Å². The summed E-state index contributed by atoms with van der Waals surface area (Å²) in [4.78, 5) is 15.4. The van der Waals surface area contributed by atoms with Gasteiger partial charge in [0.25, 0.3) is 0 Å². The second kappa shape index (κ2) is 7.22. The predicted molar refractivity (Wildman–Crippen MR) is 79.7 cm³/mol. The zero-order chi connectivity index (χ0) is 14.4. The van der Waals surface area contributed by atoms with Crippen molar-refractivity contribution in [2.24, 2.45) is 0 Å². The molecule has 0 aliphatic rings. The van der Waals surface area contributed by atoms with Crippen molar-refractivity contribution < 1.29 is 9.53 Å². The predicted octanol–water partition coefficient (Wildman–Crippen LogP) is 2.93. The number of rotatable bonds is 6. The maximum Gasteiger partial charge on any atom is 0.305 e. The molecule has 5 heteroatoms. The van der Waals surface area contributed by atoms with Crippen molar-refractivity contribution in [2.75, 3.05) is 13.7 Å². The maximum atomic E-state index is 11.0. The molecule has 1 aromatic heterocycles. The van der Waals surface area contributed by atoms with E-state index in [1.165, 1.54) is 7.11 Å². The van der Waals surface area contributed by atoms with E-state index in [1.807, 2.05) is 24.3 Å². The Balaban J connectivity index is 1.94. The fourth-order valence-corrected chi connectivity index (χ4v) is 2.24. The van der Waals surface area contributed by atoms with E-state index in [9.17, 15) is 4.79 Å². The number of nitrogens with one attached hydrogen (secondary N) is 1. The second-order valence-corrected chi connectivity index (χ2v) is 4.87. The molecule has 1 heterocycles. The van der Waals surface area contributed by atoms with E-state index in [0.29, 0.717) is 18.0 Å². The lowest BCUT2D eigenvalue weighted by atomic mass is 10.1. The molecule has 0 spiro atoms. The van der Waals surface area contributed by atoms with Crippen LogP contribution in [0.3, 0.4) is 0 Å². The summed E-state index contributed by atoms with van der Waals surface area (Å²) in [5.74, 6) is -0.176. The van der Waals surface area contributed by atoms with E-state index < -0.39 is 0 Å². The van der Waals surface area contributed by atoms with Crippen LogP contribution in [0.15, 0.2) is 30.5 Å². The molecule has 20 heavy (non-hydrogen) atoms. The van der Waals surface area contributed by atoms with Gasteiger partial charge in [0.05, 0.1) is 12.6 Å². The lowest BCUT2D eigenvalue weighted by Gasteiger charge is -2.08. The summed E-state index contributed by atoms with van der Waals surface area (Å²) in [5.41, 5.74) is 2.02. The highest BCUT2D eigenvalue weighted by molar-refractivity contribution is 6.35. The number of pyridine rings is 1. The maximum absolute atomic E-state index is 11.0. The Morgan fingerprint density at radius 2 is 2.25 bits per heavy atom.